The third kappa shape index (κ3) is 2.84. The highest BCUT2D eigenvalue weighted by molar-refractivity contribution is 5.69. The molecule has 0 bridgehead atoms. The molecule has 0 atom stereocenters. The number of aromatic nitrogens is 5. The molecule has 0 aliphatic rings. The maximum absolute atomic E-state index is 11.5. The molecule has 0 aromatic carbocycles. The quantitative estimate of drug-likeness (QED) is 0.739. The summed E-state index contributed by atoms with van der Waals surface area (Å²) in [5, 5.41) is 7.87. The highest BCUT2D eigenvalue weighted by Gasteiger charge is 2.08. The molecule has 2 aromatic rings. The normalized spacial score (nSPS) is 10.5. The van der Waals surface area contributed by atoms with Gasteiger partial charge in [0.1, 0.15) is 18.7 Å². The zero-order valence-corrected chi connectivity index (χ0v) is 9.98. The van der Waals surface area contributed by atoms with Crippen LogP contribution < -0.4 is 5.73 Å². The largest absolute Gasteiger partial charge is 0.456 e. The van der Waals surface area contributed by atoms with Crippen LogP contribution in [0.2, 0.25) is 0 Å². The maximum atomic E-state index is 11.5. The molecule has 2 N–H and O–H groups in total. The number of nitrogens with two attached hydrogens (primary N) is 1. The van der Waals surface area contributed by atoms with Crippen molar-refractivity contribution in [1.29, 1.82) is 0 Å². The molecule has 0 spiro atoms. The fraction of sp³-hybridized carbons (Fsp3) is 0.400. The minimum Gasteiger partial charge on any atom is -0.456 e. The third-order valence-corrected chi connectivity index (χ3v) is 2.31. The fourth-order valence-corrected chi connectivity index (χ4v) is 1.45. The minimum atomic E-state index is -0.399. The van der Waals surface area contributed by atoms with E-state index in [-0.39, 0.29) is 13.2 Å². The van der Waals surface area contributed by atoms with E-state index in [0.29, 0.717) is 18.2 Å². The zero-order valence-electron chi connectivity index (χ0n) is 9.98. The van der Waals surface area contributed by atoms with Crippen molar-refractivity contribution in [3.8, 4) is 0 Å². The number of carbonyl (C=O) groups is 1. The van der Waals surface area contributed by atoms with Crippen molar-refractivity contribution in [3.05, 3.63) is 24.4 Å². The molecule has 0 amide bonds. The molecule has 0 unspecified atom stereocenters. The standard InChI is InChI=1S/C10H14N6O2/c1-2-16-9(12-7-13-16)6-18-10(17)5-15-4-3-8(11)14-15/h3-4,7H,2,5-6H2,1H3,(H2,11,14). The lowest BCUT2D eigenvalue weighted by Gasteiger charge is -2.05. The molecule has 0 saturated carbocycles. The Morgan fingerprint density at radius 3 is 3.06 bits per heavy atom. The minimum absolute atomic E-state index is 0.0253. The summed E-state index contributed by atoms with van der Waals surface area (Å²) in [4.78, 5) is 15.5. The summed E-state index contributed by atoms with van der Waals surface area (Å²) in [6.07, 6.45) is 3.05. The molecule has 2 rings (SSSR count). The molecule has 96 valence electrons. The van der Waals surface area contributed by atoms with Gasteiger partial charge < -0.3 is 10.5 Å². The first-order valence-electron chi connectivity index (χ1n) is 5.50. The first kappa shape index (κ1) is 12.1. The Bertz CT molecular complexity index is 532. The number of ether oxygens (including phenoxy) is 1. The summed E-state index contributed by atoms with van der Waals surface area (Å²) < 4.78 is 8.16. The average Bonchev–Trinajstić information content (AvgIpc) is 2.95. The van der Waals surface area contributed by atoms with Crippen molar-refractivity contribution in [1.82, 2.24) is 24.5 Å². The Balaban J connectivity index is 1.85. The number of nitrogens with zero attached hydrogens (tertiary/aromatic N) is 5. The van der Waals surface area contributed by atoms with Crippen LogP contribution in [-0.2, 0) is 29.2 Å². The van der Waals surface area contributed by atoms with E-state index in [1.165, 1.54) is 11.0 Å². The van der Waals surface area contributed by atoms with E-state index in [0.717, 1.165) is 0 Å². The van der Waals surface area contributed by atoms with Crippen LogP contribution in [-0.4, -0.2) is 30.5 Å². The van der Waals surface area contributed by atoms with Crippen LogP contribution >= 0.6 is 0 Å². The molecule has 2 aromatic heterocycles. The number of carbonyl (C=O) groups excluding carboxylic acids is 1. The number of hydrogen-bond acceptors (Lipinski definition) is 6. The van der Waals surface area contributed by atoms with Gasteiger partial charge in [-0.1, -0.05) is 0 Å². The van der Waals surface area contributed by atoms with E-state index < -0.39 is 5.97 Å². The molecule has 0 fully saturated rings. The second-order valence-electron chi connectivity index (χ2n) is 3.59. The Morgan fingerprint density at radius 2 is 2.39 bits per heavy atom. The van der Waals surface area contributed by atoms with Crippen LogP contribution in [0.1, 0.15) is 12.7 Å². The molecule has 2 heterocycles. The van der Waals surface area contributed by atoms with Gasteiger partial charge in [-0.3, -0.25) is 9.48 Å². The summed E-state index contributed by atoms with van der Waals surface area (Å²) >= 11 is 0. The van der Waals surface area contributed by atoms with Crippen molar-refractivity contribution in [2.45, 2.75) is 26.6 Å². The highest BCUT2D eigenvalue weighted by atomic mass is 16.5. The van der Waals surface area contributed by atoms with Crippen LogP contribution in [0.25, 0.3) is 0 Å². The van der Waals surface area contributed by atoms with E-state index in [2.05, 4.69) is 15.2 Å². The summed E-state index contributed by atoms with van der Waals surface area (Å²) in [6, 6.07) is 1.61. The second kappa shape index (κ2) is 5.30. The topological polar surface area (TPSA) is 101 Å². The van der Waals surface area contributed by atoms with Crippen molar-refractivity contribution in [3.63, 3.8) is 0 Å². The monoisotopic (exact) mass is 250 g/mol. The van der Waals surface area contributed by atoms with Crippen LogP contribution in [0, 0.1) is 0 Å². The molecule has 0 saturated heterocycles. The van der Waals surface area contributed by atoms with E-state index in [1.54, 1.807) is 16.9 Å². The summed E-state index contributed by atoms with van der Waals surface area (Å²) in [6.45, 7) is 2.75. The van der Waals surface area contributed by atoms with Gasteiger partial charge in [-0.05, 0) is 13.0 Å². The van der Waals surface area contributed by atoms with Crippen LogP contribution in [0.5, 0.6) is 0 Å². The van der Waals surface area contributed by atoms with Gasteiger partial charge >= 0.3 is 5.97 Å². The smallest absolute Gasteiger partial charge is 0.328 e. The van der Waals surface area contributed by atoms with Gasteiger partial charge in [-0.25, -0.2) is 9.67 Å². The molecule has 0 aliphatic heterocycles. The number of nitrogen functional groups attached to an aromatic ring is 1. The number of aryl methyl sites for hydroxylation is 1. The number of hydrogen-bond donors (Lipinski definition) is 1. The van der Waals surface area contributed by atoms with E-state index >= 15 is 0 Å². The fourth-order valence-electron chi connectivity index (χ4n) is 1.45. The molecule has 18 heavy (non-hydrogen) atoms. The number of rotatable bonds is 5. The Morgan fingerprint density at radius 1 is 1.56 bits per heavy atom. The Kier molecular flexibility index (Phi) is 3.56. The molecule has 8 nitrogen and oxygen atoms in total. The van der Waals surface area contributed by atoms with Gasteiger partial charge in [0.2, 0.25) is 0 Å². The van der Waals surface area contributed by atoms with E-state index in [1.807, 2.05) is 6.92 Å². The third-order valence-electron chi connectivity index (χ3n) is 2.31. The predicted molar refractivity (Wildman–Crippen MR) is 62.1 cm³/mol. The van der Waals surface area contributed by atoms with Gasteiger partial charge in [-0.2, -0.15) is 10.2 Å². The summed E-state index contributed by atoms with van der Waals surface area (Å²) in [5.41, 5.74) is 5.44. The summed E-state index contributed by atoms with van der Waals surface area (Å²) in [5.74, 6) is 0.586. The van der Waals surface area contributed by atoms with Crippen molar-refractivity contribution in [2.24, 2.45) is 0 Å². The van der Waals surface area contributed by atoms with Gasteiger partial charge in [0.25, 0.3) is 0 Å². The van der Waals surface area contributed by atoms with Crippen LogP contribution in [0.4, 0.5) is 5.82 Å². The zero-order chi connectivity index (χ0) is 13.0. The second-order valence-corrected chi connectivity index (χ2v) is 3.59. The lowest BCUT2D eigenvalue weighted by Crippen LogP contribution is -2.15. The molecule has 0 radical (unpaired) electrons. The van der Waals surface area contributed by atoms with Crippen molar-refractivity contribution in [2.75, 3.05) is 5.73 Å². The van der Waals surface area contributed by atoms with Gasteiger partial charge in [-0.15, -0.1) is 0 Å². The molecular formula is C10H14N6O2. The highest BCUT2D eigenvalue weighted by Crippen LogP contribution is 1.99. The van der Waals surface area contributed by atoms with Gasteiger partial charge in [0, 0.05) is 12.7 Å². The summed E-state index contributed by atoms with van der Waals surface area (Å²) in [7, 11) is 0. The SMILES string of the molecule is CCn1ncnc1COC(=O)Cn1ccc(N)n1. The first-order chi connectivity index (χ1) is 8.69. The molecular weight excluding hydrogens is 236 g/mol. The lowest BCUT2D eigenvalue weighted by molar-refractivity contribution is -0.146. The van der Waals surface area contributed by atoms with Gasteiger partial charge in [0.05, 0.1) is 0 Å². The van der Waals surface area contributed by atoms with E-state index in [4.69, 9.17) is 10.5 Å². The lowest BCUT2D eigenvalue weighted by atomic mass is 10.6. The Labute approximate surface area is 103 Å². The van der Waals surface area contributed by atoms with Crippen LogP contribution in [0.3, 0.4) is 0 Å². The predicted octanol–water partition coefficient (Wildman–Crippen LogP) is -0.180. The van der Waals surface area contributed by atoms with E-state index in [9.17, 15) is 4.79 Å². The first-order valence-corrected chi connectivity index (χ1v) is 5.50. The van der Waals surface area contributed by atoms with Crippen LogP contribution in [0.15, 0.2) is 18.6 Å². The average molecular weight is 250 g/mol. The van der Waals surface area contributed by atoms with Crippen molar-refractivity contribution < 1.29 is 9.53 Å². The number of esters is 1. The molecule has 0 aliphatic carbocycles. The number of anilines is 1. The molecule has 8 heteroatoms. The maximum Gasteiger partial charge on any atom is 0.328 e. The van der Waals surface area contributed by atoms with Crippen molar-refractivity contribution >= 4 is 11.8 Å². The van der Waals surface area contributed by atoms with Gasteiger partial charge in [0.15, 0.2) is 12.4 Å². The Hall–Kier alpha value is -2.38.